The first-order valence-corrected chi connectivity index (χ1v) is 7.35. The van der Waals surface area contributed by atoms with E-state index in [-0.39, 0.29) is 10.7 Å². The van der Waals surface area contributed by atoms with Crippen molar-refractivity contribution in [1.82, 2.24) is 15.1 Å². The topological polar surface area (TPSA) is 97.0 Å². The molecular formula is C14H17ClN4O3. The lowest BCUT2D eigenvalue weighted by Gasteiger charge is -2.21. The van der Waals surface area contributed by atoms with Crippen LogP contribution < -0.4 is 5.32 Å². The third-order valence-electron chi connectivity index (χ3n) is 3.74. The second-order valence-corrected chi connectivity index (χ2v) is 5.76. The maximum Gasteiger partial charge on any atom is 0.343 e. The summed E-state index contributed by atoms with van der Waals surface area (Å²) >= 11 is 5.96. The molecule has 1 fully saturated rings. The van der Waals surface area contributed by atoms with Crippen molar-refractivity contribution in [2.45, 2.75) is 38.1 Å². The summed E-state index contributed by atoms with van der Waals surface area (Å²) in [5, 5.41) is 16.0. The number of esters is 1. The van der Waals surface area contributed by atoms with E-state index in [1.165, 1.54) is 4.68 Å². The van der Waals surface area contributed by atoms with E-state index in [2.05, 4.69) is 16.5 Å². The van der Waals surface area contributed by atoms with Crippen LogP contribution in [-0.2, 0) is 16.6 Å². The predicted molar refractivity (Wildman–Crippen MR) is 78.2 cm³/mol. The highest BCUT2D eigenvalue weighted by molar-refractivity contribution is 6.32. The van der Waals surface area contributed by atoms with Gasteiger partial charge >= 0.3 is 5.97 Å². The Bertz CT molecular complexity index is 641. The van der Waals surface area contributed by atoms with Crippen LogP contribution in [0.5, 0.6) is 0 Å². The molecule has 0 radical (unpaired) electrons. The number of halogens is 1. The molecule has 1 saturated carbocycles. The third kappa shape index (κ3) is 3.22. The second kappa shape index (κ2) is 6.36. The van der Waals surface area contributed by atoms with Gasteiger partial charge in [-0.1, -0.05) is 11.6 Å². The Balaban J connectivity index is 1.94. The molecule has 0 saturated heterocycles. The number of carbonyl (C=O) groups is 2. The molecule has 0 atom stereocenters. The maximum absolute atomic E-state index is 12.0. The summed E-state index contributed by atoms with van der Waals surface area (Å²) in [6.45, 7) is 1.18. The fourth-order valence-corrected chi connectivity index (χ4v) is 2.86. The van der Waals surface area contributed by atoms with E-state index < -0.39 is 24.0 Å². The Hall–Kier alpha value is -2.07. The van der Waals surface area contributed by atoms with Crippen molar-refractivity contribution in [1.29, 1.82) is 5.26 Å². The lowest BCUT2D eigenvalue weighted by molar-refractivity contribution is -0.125. The van der Waals surface area contributed by atoms with Gasteiger partial charge in [0.25, 0.3) is 5.91 Å². The third-order valence-corrected chi connectivity index (χ3v) is 4.17. The fraction of sp³-hybridized carbons (Fsp3) is 0.571. The molecule has 0 bridgehead atoms. The van der Waals surface area contributed by atoms with Crippen LogP contribution in [0.2, 0.25) is 5.15 Å². The number of aryl methyl sites for hydroxylation is 2. The quantitative estimate of drug-likeness (QED) is 0.846. The molecular weight excluding hydrogens is 308 g/mol. The minimum Gasteiger partial charge on any atom is -0.452 e. The summed E-state index contributed by atoms with van der Waals surface area (Å²) in [5.74, 6) is -1.20. The number of rotatable bonds is 4. The molecule has 0 spiro atoms. The van der Waals surface area contributed by atoms with Crippen LogP contribution in [0.1, 0.15) is 41.7 Å². The van der Waals surface area contributed by atoms with Crippen LogP contribution in [0.4, 0.5) is 0 Å². The Morgan fingerprint density at radius 3 is 2.64 bits per heavy atom. The van der Waals surface area contributed by atoms with E-state index in [1.807, 2.05) is 0 Å². The Labute approximate surface area is 133 Å². The highest BCUT2D eigenvalue weighted by Crippen LogP contribution is 2.28. The number of ether oxygens (including phenoxy) is 1. The summed E-state index contributed by atoms with van der Waals surface area (Å²) in [7, 11) is 1.61. The largest absolute Gasteiger partial charge is 0.452 e. The van der Waals surface area contributed by atoms with Gasteiger partial charge in [0.15, 0.2) is 6.61 Å². The molecule has 1 aromatic heterocycles. The van der Waals surface area contributed by atoms with Crippen molar-refractivity contribution < 1.29 is 14.3 Å². The van der Waals surface area contributed by atoms with E-state index >= 15 is 0 Å². The molecule has 1 aliphatic rings. The van der Waals surface area contributed by atoms with Crippen LogP contribution in [0.15, 0.2) is 0 Å². The van der Waals surface area contributed by atoms with Crippen molar-refractivity contribution in [3.8, 4) is 6.07 Å². The first-order valence-electron chi connectivity index (χ1n) is 6.97. The lowest BCUT2D eigenvalue weighted by atomic mass is 10.00. The minimum absolute atomic E-state index is 0.146. The van der Waals surface area contributed by atoms with Gasteiger partial charge in [-0.25, -0.2) is 4.79 Å². The second-order valence-electron chi connectivity index (χ2n) is 5.40. The van der Waals surface area contributed by atoms with Crippen LogP contribution in [0.25, 0.3) is 0 Å². The number of nitrogens with zero attached hydrogens (tertiary/aromatic N) is 3. The highest BCUT2D eigenvalue weighted by Gasteiger charge is 2.35. The van der Waals surface area contributed by atoms with Crippen LogP contribution in [0.3, 0.4) is 0 Å². The van der Waals surface area contributed by atoms with E-state index in [0.29, 0.717) is 18.5 Å². The number of hydrogen-bond acceptors (Lipinski definition) is 5. The van der Waals surface area contributed by atoms with E-state index in [9.17, 15) is 14.9 Å². The summed E-state index contributed by atoms with van der Waals surface area (Å²) < 4.78 is 6.32. The van der Waals surface area contributed by atoms with Gasteiger partial charge in [0.2, 0.25) is 0 Å². The van der Waals surface area contributed by atoms with Gasteiger partial charge in [-0.2, -0.15) is 10.4 Å². The average molecular weight is 325 g/mol. The molecule has 0 unspecified atom stereocenters. The number of hydrogen-bond donors (Lipinski definition) is 1. The smallest absolute Gasteiger partial charge is 0.343 e. The average Bonchev–Trinajstić information content (AvgIpc) is 3.03. The molecule has 118 valence electrons. The molecule has 8 heteroatoms. The first-order chi connectivity index (χ1) is 10.4. The SMILES string of the molecule is Cc1nn(C)c(Cl)c1C(=O)OCC(=O)NC1(C#N)CCCC1. The van der Waals surface area contributed by atoms with Crippen molar-refractivity contribution in [3.63, 3.8) is 0 Å². The van der Waals surface area contributed by atoms with E-state index in [1.54, 1.807) is 14.0 Å². The van der Waals surface area contributed by atoms with Gasteiger partial charge in [-0.3, -0.25) is 9.48 Å². The van der Waals surface area contributed by atoms with Crippen LogP contribution >= 0.6 is 11.6 Å². The van der Waals surface area contributed by atoms with Crippen molar-refractivity contribution in [3.05, 3.63) is 16.4 Å². The normalized spacial score (nSPS) is 16.1. The van der Waals surface area contributed by atoms with Gasteiger partial charge in [-0.15, -0.1) is 0 Å². The minimum atomic E-state index is -0.828. The summed E-state index contributed by atoms with van der Waals surface area (Å²) in [6.07, 6.45) is 3.05. The van der Waals surface area contributed by atoms with Gasteiger partial charge in [-0.05, 0) is 32.6 Å². The molecule has 2 rings (SSSR count). The van der Waals surface area contributed by atoms with Gasteiger partial charge in [0.05, 0.1) is 11.8 Å². The lowest BCUT2D eigenvalue weighted by Crippen LogP contribution is -2.46. The molecule has 1 N–H and O–H groups in total. The first kappa shape index (κ1) is 16.3. The zero-order valence-electron chi connectivity index (χ0n) is 12.5. The molecule has 1 amide bonds. The fourth-order valence-electron chi connectivity index (χ4n) is 2.61. The number of nitrogens with one attached hydrogen (secondary N) is 1. The molecule has 1 aromatic rings. The summed E-state index contributed by atoms with van der Waals surface area (Å²) in [4.78, 5) is 23.9. The maximum atomic E-state index is 12.0. The number of carbonyl (C=O) groups excluding carboxylic acids is 2. The van der Waals surface area contributed by atoms with Crippen molar-refractivity contribution in [2.24, 2.45) is 7.05 Å². The summed E-state index contributed by atoms with van der Waals surface area (Å²) in [6, 6.07) is 2.14. The Morgan fingerprint density at radius 1 is 1.50 bits per heavy atom. The van der Waals surface area contributed by atoms with Crippen LogP contribution in [-0.4, -0.2) is 33.8 Å². The van der Waals surface area contributed by atoms with Crippen LogP contribution in [0, 0.1) is 18.3 Å². The number of aromatic nitrogens is 2. The van der Waals surface area contributed by atoms with Crippen molar-refractivity contribution >= 4 is 23.5 Å². The summed E-state index contributed by atoms with van der Waals surface area (Å²) in [5.41, 5.74) is -0.249. The number of amides is 1. The number of nitriles is 1. The Morgan fingerprint density at radius 2 is 2.14 bits per heavy atom. The van der Waals surface area contributed by atoms with Gasteiger partial charge in [0, 0.05) is 7.05 Å². The van der Waals surface area contributed by atoms with Crippen molar-refractivity contribution in [2.75, 3.05) is 6.61 Å². The molecule has 1 aliphatic carbocycles. The zero-order valence-corrected chi connectivity index (χ0v) is 13.2. The monoisotopic (exact) mass is 324 g/mol. The zero-order chi connectivity index (χ0) is 16.3. The van der Waals surface area contributed by atoms with Gasteiger partial charge in [0.1, 0.15) is 16.3 Å². The highest BCUT2D eigenvalue weighted by atomic mass is 35.5. The molecule has 7 nitrogen and oxygen atoms in total. The molecule has 1 heterocycles. The van der Waals surface area contributed by atoms with Gasteiger partial charge < -0.3 is 10.1 Å². The van der Waals surface area contributed by atoms with E-state index in [4.69, 9.17) is 16.3 Å². The standard InChI is InChI=1S/C14H17ClN4O3/c1-9-11(12(15)19(2)18-9)13(21)22-7-10(20)17-14(8-16)5-3-4-6-14/h3-7H2,1-2H3,(H,17,20). The molecule has 0 aliphatic heterocycles. The molecule has 22 heavy (non-hydrogen) atoms. The molecule has 0 aromatic carbocycles. The van der Waals surface area contributed by atoms with E-state index in [0.717, 1.165) is 12.8 Å². The predicted octanol–water partition coefficient (Wildman–Crippen LogP) is 1.49. The Kier molecular flexibility index (Phi) is 4.71.